The Morgan fingerprint density at radius 2 is 1.90 bits per heavy atom. The van der Waals surface area contributed by atoms with Gasteiger partial charge in [-0.1, -0.05) is 30.3 Å². The van der Waals surface area contributed by atoms with Crippen LogP contribution in [0, 0.1) is 0 Å². The molecular weight excluding hydrogens is 396 g/mol. The summed E-state index contributed by atoms with van der Waals surface area (Å²) in [6.45, 7) is 0. The van der Waals surface area contributed by atoms with Crippen LogP contribution in [0.4, 0.5) is 5.69 Å². The van der Waals surface area contributed by atoms with Gasteiger partial charge in [-0.25, -0.2) is 9.67 Å². The number of fused-ring (bicyclic) bond motifs is 1. The predicted molar refractivity (Wildman–Crippen MR) is 118 cm³/mol. The van der Waals surface area contributed by atoms with Crippen LogP contribution in [0.1, 0.15) is 5.56 Å². The van der Waals surface area contributed by atoms with E-state index in [9.17, 15) is 5.11 Å². The number of phenols is 1. The number of nitrogens with zero attached hydrogens (tertiary/aromatic N) is 4. The van der Waals surface area contributed by atoms with Crippen LogP contribution < -0.4 is 4.80 Å². The van der Waals surface area contributed by atoms with E-state index in [4.69, 9.17) is 4.42 Å². The van der Waals surface area contributed by atoms with Crippen LogP contribution in [-0.4, -0.2) is 21.0 Å². The second-order valence-electron chi connectivity index (χ2n) is 6.49. The summed E-state index contributed by atoms with van der Waals surface area (Å²) in [5.74, 6) is 0.850. The Labute approximate surface area is 175 Å². The standard InChI is InChI=1S/C23H16N4O2S/c28-20-9-3-1-7-17(20)13-25-27-19(22-12-16-6-2-4-10-21(16)29-22)15-30-23(27)26-18-8-5-11-24-14-18/h1-15,28H. The van der Waals surface area contributed by atoms with Gasteiger partial charge in [0.2, 0.25) is 4.80 Å². The summed E-state index contributed by atoms with van der Waals surface area (Å²) in [6, 6.07) is 20.6. The first-order valence-electron chi connectivity index (χ1n) is 9.24. The molecule has 0 saturated carbocycles. The molecule has 0 fully saturated rings. The molecule has 0 aliphatic heterocycles. The molecule has 0 aliphatic carbocycles. The van der Waals surface area contributed by atoms with Crippen molar-refractivity contribution < 1.29 is 9.52 Å². The number of pyridine rings is 1. The van der Waals surface area contributed by atoms with Gasteiger partial charge in [0.1, 0.15) is 17.0 Å². The van der Waals surface area contributed by atoms with Crippen LogP contribution in [-0.2, 0) is 0 Å². The second kappa shape index (κ2) is 7.81. The molecule has 0 aliphatic rings. The van der Waals surface area contributed by atoms with E-state index < -0.39 is 0 Å². The molecule has 6 nitrogen and oxygen atoms in total. The van der Waals surface area contributed by atoms with E-state index in [1.54, 1.807) is 41.5 Å². The SMILES string of the molecule is Oc1ccccc1C=Nn1c(-c2cc3ccccc3o2)csc1=Nc1cccnc1. The van der Waals surface area contributed by atoms with Gasteiger partial charge in [-0.05, 0) is 36.4 Å². The van der Waals surface area contributed by atoms with E-state index >= 15 is 0 Å². The minimum atomic E-state index is 0.160. The highest BCUT2D eigenvalue weighted by atomic mass is 32.1. The number of para-hydroxylation sites is 2. The lowest BCUT2D eigenvalue weighted by molar-refractivity contribution is 0.474. The first-order chi connectivity index (χ1) is 14.8. The number of furan rings is 1. The maximum absolute atomic E-state index is 10.1. The monoisotopic (exact) mass is 412 g/mol. The van der Waals surface area contributed by atoms with Gasteiger partial charge in [0, 0.05) is 22.5 Å². The molecule has 30 heavy (non-hydrogen) atoms. The highest BCUT2D eigenvalue weighted by Gasteiger charge is 2.13. The van der Waals surface area contributed by atoms with E-state index in [1.165, 1.54) is 11.3 Å². The van der Waals surface area contributed by atoms with Gasteiger partial charge in [-0.15, -0.1) is 11.3 Å². The smallest absolute Gasteiger partial charge is 0.211 e. The summed E-state index contributed by atoms with van der Waals surface area (Å²) in [5, 5.41) is 17.7. The van der Waals surface area contributed by atoms with Gasteiger partial charge >= 0.3 is 0 Å². The lowest BCUT2D eigenvalue weighted by Crippen LogP contribution is -2.11. The normalized spacial score (nSPS) is 12.2. The van der Waals surface area contributed by atoms with E-state index in [1.807, 2.05) is 53.9 Å². The topological polar surface area (TPSA) is 75.9 Å². The van der Waals surface area contributed by atoms with E-state index in [0.717, 1.165) is 22.4 Å². The molecule has 3 aromatic heterocycles. The number of aromatic hydroxyl groups is 1. The molecule has 3 heterocycles. The highest BCUT2D eigenvalue weighted by Crippen LogP contribution is 2.28. The fraction of sp³-hybridized carbons (Fsp3) is 0. The first-order valence-corrected chi connectivity index (χ1v) is 10.1. The van der Waals surface area contributed by atoms with Crippen molar-refractivity contribution in [1.29, 1.82) is 0 Å². The molecule has 0 radical (unpaired) electrons. The summed E-state index contributed by atoms with van der Waals surface area (Å²) in [4.78, 5) is 9.46. The van der Waals surface area contributed by atoms with Crippen LogP contribution in [0.15, 0.2) is 99.0 Å². The van der Waals surface area contributed by atoms with E-state index in [0.29, 0.717) is 16.1 Å². The quantitative estimate of drug-likeness (QED) is 0.413. The van der Waals surface area contributed by atoms with Crippen molar-refractivity contribution in [2.75, 3.05) is 0 Å². The second-order valence-corrected chi connectivity index (χ2v) is 7.33. The summed E-state index contributed by atoms with van der Waals surface area (Å²) in [5.41, 5.74) is 2.91. The molecule has 2 aromatic carbocycles. The Bertz CT molecular complexity index is 1380. The molecule has 146 valence electrons. The average molecular weight is 412 g/mol. The molecule has 1 N–H and O–H groups in total. The molecule has 0 spiro atoms. The summed E-state index contributed by atoms with van der Waals surface area (Å²) in [7, 11) is 0. The Balaban J connectivity index is 1.67. The van der Waals surface area contributed by atoms with Crippen molar-refractivity contribution in [3.05, 3.63) is 94.9 Å². The molecule has 0 atom stereocenters. The minimum Gasteiger partial charge on any atom is -0.507 e. The van der Waals surface area contributed by atoms with Crippen molar-refractivity contribution in [1.82, 2.24) is 9.66 Å². The average Bonchev–Trinajstić information content (AvgIpc) is 3.38. The zero-order valence-electron chi connectivity index (χ0n) is 15.7. The third kappa shape index (κ3) is 3.54. The first kappa shape index (κ1) is 18.1. The number of phenolic OH excluding ortho intramolecular Hbond substituents is 1. The van der Waals surface area contributed by atoms with Gasteiger partial charge in [0.15, 0.2) is 5.76 Å². The molecule has 0 unspecified atom stereocenters. The van der Waals surface area contributed by atoms with Gasteiger partial charge in [-0.3, -0.25) is 4.98 Å². The fourth-order valence-electron chi connectivity index (χ4n) is 3.01. The predicted octanol–water partition coefficient (Wildman–Crippen LogP) is 5.18. The molecule has 0 saturated heterocycles. The summed E-state index contributed by atoms with van der Waals surface area (Å²) < 4.78 is 7.75. The zero-order valence-corrected chi connectivity index (χ0v) is 16.5. The molecular formula is C23H16N4O2S. The summed E-state index contributed by atoms with van der Waals surface area (Å²) >= 11 is 1.45. The Morgan fingerprint density at radius 1 is 1.03 bits per heavy atom. The van der Waals surface area contributed by atoms with Gasteiger partial charge in [-0.2, -0.15) is 5.10 Å². The molecule has 7 heteroatoms. The van der Waals surface area contributed by atoms with Crippen molar-refractivity contribution in [3.63, 3.8) is 0 Å². The van der Waals surface area contributed by atoms with E-state index in [-0.39, 0.29) is 5.75 Å². The lowest BCUT2D eigenvalue weighted by atomic mass is 10.2. The highest BCUT2D eigenvalue weighted by molar-refractivity contribution is 7.07. The Hall–Kier alpha value is -3.97. The van der Waals surface area contributed by atoms with Crippen LogP contribution in [0.25, 0.3) is 22.4 Å². The maximum Gasteiger partial charge on any atom is 0.211 e. The number of thiazole rings is 1. The van der Waals surface area contributed by atoms with Crippen LogP contribution in [0.3, 0.4) is 0 Å². The van der Waals surface area contributed by atoms with Crippen LogP contribution in [0.5, 0.6) is 5.75 Å². The number of hydrogen-bond donors (Lipinski definition) is 1. The molecule has 0 amide bonds. The zero-order chi connectivity index (χ0) is 20.3. The van der Waals surface area contributed by atoms with Crippen molar-refractivity contribution in [3.8, 4) is 17.2 Å². The Kier molecular flexibility index (Phi) is 4.71. The minimum absolute atomic E-state index is 0.160. The van der Waals surface area contributed by atoms with Gasteiger partial charge in [0.25, 0.3) is 0 Å². The summed E-state index contributed by atoms with van der Waals surface area (Å²) in [6.07, 6.45) is 5.01. The lowest BCUT2D eigenvalue weighted by Gasteiger charge is -2.01. The molecule has 5 aromatic rings. The Morgan fingerprint density at radius 3 is 2.73 bits per heavy atom. The van der Waals surface area contributed by atoms with Crippen molar-refractivity contribution in [2.24, 2.45) is 10.1 Å². The van der Waals surface area contributed by atoms with Gasteiger partial charge < -0.3 is 9.52 Å². The third-order valence-electron chi connectivity index (χ3n) is 4.48. The molecule has 5 rings (SSSR count). The fourth-order valence-corrected chi connectivity index (χ4v) is 3.85. The van der Waals surface area contributed by atoms with Crippen LogP contribution >= 0.6 is 11.3 Å². The number of aromatic nitrogens is 2. The van der Waals surface area contributed by atoms with Crippen molar-refractivity contribution in [2.45, 2.75) is 0 Å². The number of hydrogen-bond acceptors (Lipinski definition) is 6. The largest absolute Gasteiger partial charge is 0.507 e. The molecule has 0 bridgehead atoms. The van der Waals surface area contributed by atoms with Crippen LogP contribution in [0.2, 0.25) is 0 Å². The van der Waals surface area contributed by atoms with Gasteiger partial charge in [0.05, 0.1) is 18.1 Å². The maximum atomic E-state index is 10.1. The number of rotatable bonds is 4. The third-order valence-corrected chi connectivity index (χ3v) is 5.30. The van der Waals surface area contributed by atoms with E-state index in [2.05, 4.69) is 15.1 Å². The number of benzene rings is 2. The van der Waals surface area contributed by atoms with Crippen molar-refractivity contribution >= 4 is 34.2 Å².